The fourth-order valence-electron chi connectivity index (χ4n) is 3.62. The standard InChI is InChI=1S/C26H21N5O2S/c1-30-25(33)20-14-8-9-15-21(20)27-26(30)34-17-24(32)28-23-16-22(18-10-4-2-5-11-18)29-31(23)19-12-6-3-7-13-19/h2-16H,17H2,1H3,(H,28,32). The van der Waals surface area contributed by atoms with Crippen molar-refractivity contribution in [2.45, 2.75) is 5.16 Å². The molecule has 5 aromatic rings. The van der Waals surface area contributed by atoms with E-state index in [9.17, 15) is 9.59 Å². The Bertz CT molecular complexity index is 1530. The first-order valence-electron chi connectivity index (χ1n) is 10.7. The Morgan fingerprint density at radius 2 is 1.62 bits per heavy atom. The minimum absolute atomic E-state index is 0.0965. The van der Waals surface area contributed by atoms with Crippen molar-refractivity contribution in [3.05, 3.63) is 101 Å². The molecule has 0 aliphatic carbocycles. The predicted molar refractivity (Wildman–Crippen MR) is 135 cm³/mol. The quantitative estimate of drug-likeness (QED) is 0.293. The van der Waals surface area contributed by atoms with Crippen molar-refractivity contribution in [1.29, 1.82) is 0 Å². The van der Waals surface area contributed by atoms with E-state index in [1.165, 1.54) is 16.3 Å². The first-order valence-corrected chi connectivity index (χ1v) is 11.7. The Kier molecular flexibility index (Phi) is 5.97. The number of thioether (sulfide) groups is 1. The average molecular weight is 468 g/mol. The number of amides is 1. The van der Waals surface area contributed by atoms with Crippen molar-refractivity contribution in [2.75, 3.05) is 11.1 Å². The molecule has 0 fully saturated rings. The summed E-state index contributed by atoms with van der Waals surface area (Å²) in [6.07, 6.45) is 0. The average Bonchev–Trinajstić information content (AvgIpc) is 3.30. The number of carbonyl (C=O) groups is 1. The molecule has 7 nitrogen and oxygen atoms in total. The topological polar surface area (TPSA) is 81.8 Å². The van der Waals surface area contributed by atoms with Crippen LogP contribution in [0.1, 0.15) is 0 Å². The van der Waals surface area contributed by atoms with Gasteiger partial charge in [0.2, 0.25) is 5.91 Å². The minimum Gasteiger partial charge on any atom is -0.310 e. The van der Waals surface area contributed by atoms with Gasteiger partial charge in [0, 0.05) is 18.7 Å². The highest BCUT2D eigenvalue weighted by Crippen LogP contribution is 2.25. The number of anilines is 1. The summed E-state index contributed by atoms with van der Waals surface area (Å²) in [5, 5.41) is 8.73. The van der Waals surface area contributed by atoms with Gasteiger partial charge < -0.3 is 5.32 Å². The maximum atomic E-state index is 12.9. The van der Waals surface area contributed by atoms with Gasteiger partial charge in [-0.05, 0) is 24.3 Å². The summed E-state index contributed by atoms with van der Waals surface area (Å²) in [6.45, 7) is 0. The molecular formula is C26H21N5O2S. The van der Waals surface area contributed by atoms with Crippen molar-refractivity contribution in [3.63, 3.8) is 0 Å². The molecule has 34 heavy (non-hydrogen) atoms. The lowest BCUT2D eigenvalue weighted by Crippen LogP contribution is -2.22. The van der Waals surface area contributed by atoms with Crippen LogP contribution in [0.4, 0.5) is 5.82 Å². The number of hydrogen-bond acceptors (Lipinski definition) is 5. The second-order valence-corrected chi connectivity index (χ2v) is 8.58. The molecule has 0 atom stereocenters. The third-order valence-electron chi connectivity index (χ3n) is 5.32. The van der Waals surface area contributed by atoms with Gasteiger partial charge in [0.25, 0.3) is 5.56 Å². The van der Waals surface area contributed by atoms with Gasteiger partial charge in [-0.1, -0.05) is 72.4 Å². The fourth-order valence-corrected chi connectivity index (χ4v) is 4.39. The third-order valence-corrected chi connectivity index (χ3v) is 6.35. The van der Waals surface area contributed by atoms with E-state index in [2.05, 4.69) is 10.3 Å². The van der Waals surface area contributed by atoms with Gasteiger partial charge in [-0.15, -0.1) is 0 Å². The Balaban J connectivity index is 1.39. The fraction of sp³-hybridized carbons (Fsp3) is 0.0769. The number of aromatic nitrogens is 4. The number of nitrogens with zero attached hydrogens (tertiary/aromatic N) is 4. The molecular weight excluding hydrogens is 446 g/mol. The first kappa shape index (κ1) is 21.7. The van der Waals surface area contributed by atoms with Gasteiger partial charge in [0.15, 0.2) is 5.16 Å². The third kappa shape index (κ3) is 4.35. The van der Waals surface area contributed by atoms with Crippen LogP contribution in [-0.4, -0.2) is 31.0 Å². The lowest BCUT2D eigenvalue weighted by atomic mass is 10.2. The van der Waals surface area contributed by atoms with Gasteiger partial charge in [-0.25, -0.2) is 9.67 Å². The van der Waals surface area contributed by atoms with Crippen LogP contribution in [0.5, 0.6) is 0 Å². The van der Waals surface area contributed by atoms with Crippen LogP contribution in [0.25, 0.3) is 27.8 Å². The van der Waals surface area contributed by atoms with Gasteiger partial charge in [-0.2, -0.15) is 5.10 Å². The molecule has 0 spiro atoms. The van der Waals surface area contributed by atoms with Crippen molar-refractivity contribution >= 4 is 34.4 Å². The zero-order chi connectivity index (χ0) is 23.5. The number of para-hydroxylation sites is 2. The van der Waals surface area contributed by atoms with Crippen molar-refractivity contribution in [3.8, 4) is 16.9 Å². The number of carbonyl (C=O) groups excluding carboxylic acids is 1. The van der Waals surface area contributed by atoms with Gasteiger partial charge >= 0.3 is 0 Å². The molecule has 0 radical (unpaired) electrons. The van der Waals surface area contributed by atoms with Crippen molar-refractivity contribution < 1.29 is 4.79 Å². The van der Waals surface area contributed by atoms with Crippen molar-refractivity contribution in [2.24, 2.45) is 7.05 Å². The molecule has 5 rings (SSSR count). The highest BCUT2D eigenvalue weighted by atomic mass is 32.2. The summed E-state index contributed by atoms with van der Waals surface area (Å²) in [5.41, 5.74) is 3.03. The van der Waals surface area contributed by atoms with E-state index in [-0.39, 0.29) is 17.2 Å². The zero-order valence-electron chi connectivity index (χ0n) is 18.4. The number of hydrogen-bond donors (Lipinski definition) is 1. The summed E-state index contributed by atoms with van der Waals surface area (Å²) in [4.78, 5) is 30.1. The van der Waals surface area contributed by atoms with Crippen LogP contribution in [-0.2, 0) is 11.8 Å². The number of rotatable bonds is 6. The van der Waals surface area contributed by atoms with Crippen LogP contribution >= 0.6 is 11.8 Å². The molecule has 0 aliphatic heterocycles. The summed E-state index contributed by atoms with van der Waals surface area (Å²) in [5.74, 6) is 0.444. The summed E-state index contributed by atoms with van der Waals surface area (Å²) in [7, 11) is 1.67. The van der Waals surface area contributed by atoms with E-state index in [4.69, 9.17) is 5.10 Å². The molecule has 1 N–H and O–H groups in total. The molecule has 1 amide bonds. The monoisotopic (exact) mass is 467 g/mol. The smallest absolute Gasteiger partial charge is 0.261 e. The maximum Gasteiger partial charge on any atom is 0.261 e. The molecule has 0 unspecified atom stereocenters. The molecule has 0 aliphatic rings. The highest BCUT2D eigenvalue weighted by molar-refractivity contribution is 7.99. The Morgan fingerprint density at radius 3 is 2.38 bits per heavy atom. The molecule has 0 saturated heterocycles. The second-order valence-electron chi connectivity index (χ2n) is 7.64. The molecule has 0 bridgehead atoms. The Labute approximate surface area is 200 Å². The molecule has 168 valence electrons. The maximum absolute atomic E-state index is 12.9. The first-order chi connectivity index (χ1) is 16.6. The van der Waals surface area contributed by atoms with E-state index in [1.54, 1.807) is 23.9 Å². The SMILES string of the molecule is Cn1c(SCC(=O)Nc2cc(-c3ccccc3)nn2-c2ccccc2)nc2ccccc2c1=O. The summed E-state index contributed by atoms with van der Waals surface area (Å²) < 4.78 is 3.19. The van der Waals surface area contributed by atoms with Gasteiger partial charge in [0.05, 0.1) is 28.0 Å². The van der Waals surface area contributed by atoms with E-state index < -0.39 is 0 Å². The molecule has 0 saturated carbocycles. The van der Waals surface area contributed by atoms with E-state index >= 15 is 0 Å². The van der Waals surface area contributed by atoms with Gasteiger partial charge in [-0.3, -0.25) is 14.2 Å². The van der Waals surface area contributed by atoms with E-state index in [0.717, 1.165) is 16.9 Å². The van der Waals surface area contributed by atoms with Crippen LogP contribution < -0.4 is 10.9 Å². The highest BCUT2D eigenvalue weighted by Gasteiger charge is 2.15. The van der Waals surface area contributed by atoms with E-state index in [1.807, 2.05) is 78.9 Å². The number of nitrogens with one attached hydrogen (secondary N) is 1. The van der Waals surface area contributed by atoms with Crippen LogP contribution in [0.2, 0.25) is 0 Å². The molecule has 8 heteroatoms. The van der Waals surface area contributed by atoms with Crippen LogP contribution in [0.3, 0.4) is 0 Å². The largest absolute Gasteiger partial charge is 0.310 e. The lowest BCUT2D eigenvalue weighted by molar-refractivity contribution is -0.113. The summed E-state index contributed by atoms with van der Waals surface area (Å²) in [6, 6.07) is 28.5. The predicted octanol–water partition coefficient (Wildman–Crippen LogP) is 4.52. The minimum atomic E-state index is -0.218. The second kappa shape index (κ2) is 9.36. The molecule has 2 aromatic heterocycles. The van der Waals surface area contributed by atoms with Crippen molar-refractivity contribution in [1.82, 2.24) is 19.3 Å². The van der Waals surface area contributed by atoms with Crippen LogP contribution in [0, 0.1) is 0 Å². The Hall–Kier alpha value is -4.17. The molecule has 3 aromatic carbocycles. The number of benzene rings is 3. The molecule has 2 heterocycles. The van der Waals surface area contributed by atoms with E-state index in [0.29, 0.717) is 21.9 Å². The van der Waals surface area contributed by atoms with Gasteiger partial charge in [0.1, 0.15) is 5.82 Å². The van der Waals surface area contributed by atoms with Crippen LogP contribution in [0.15, 0.2) is 101 Å². The summed E-state index contributed by atoms with van der Waals surface area (Å²) >= 11 is 1.22. The Morgan fingerprint density at radius 1 is 0.941 bits per heavy atom. The zero-order valence-corrected chi connectivity index (χ0v) is 19.2. The normalized spacial score (nSPS) is 11.0. The number of fused-ring (bicyclic) bond motifs is 1. The lowest BCUT2D eigenvalue weighted by Gasteiger charge is -2.10.